The Bertz CT molecular complexity index is 544. The molecule has 0 aliphatic heterocycles. The van der Waals surface area contributed by atoms with Crippen LogP contribution >= 0.6 is 0 Å². The number of carbonyl (C=O) groups is 1. The molecule has 1 amide bonds. The van der Waals surface area contributed by atoms with Crippen molar-refractivity contribution in [2.24, 2.45) is 5.92 Å². The van der Waals surface area contributed by atoms with Gasteiger partial charge in [-0.05, 0) is 6.92 Å². The number of nitrogens with one attached hydrogen (secondary N) is 1. The number of nitrogens with zero attached hydrogens (tertiary/aromatic N) is 4. The predicted molar refractivity (Wildman–Crippen MR) is 67.4 cm³/mol. The smallest absolute Gasteiger partial charge is 0.235 e. The summed E-state index contributed by atoms with van der Waals surface area (Å²) in [4.78, 5) is 24.0. The average Bonchev–Trinajstić information content (AvgIpc) is 2.76. The minimum atomic E-state index is -0.0689. The molecular formula is C12H15N5O. The van der Waals surface area contributed by atoms with Crippen molar-refractivity contribution in [1.82, 2.24) is 19.5 Å². The van der Waals surface area contributed by atoms with Gasteiger partial charge in [0, 0.05) is 18.3 Å². The summed E-state index contributed by atoms with van der Waals surface area (Å²) in [6, 6.07) is 0. The van der Waals surface area contributed by atoms with E-state index in [0.717, 1.165) is 5.82 Å². The van der Waals surface area contributed by atoms with Crippen LogP contribution in [-0.4, -0.2) is 25.4 Å². The first-order valence-electron chi connectivity index (χ1n) is 5.71. The first kappa shape index (κ1) is 12.2. The number of carbonyl (C=O) groups excluding carboxylic acids is 1. The number of imidazole rings is 1. The van der Waals surface area contributed by atoms with Gasteiger partial charge in [-0.3, -0.25) is 9.36 Å². The maximum absolute atomic E-state index is 11.5. The third-order valence-corrected chi connectivity index (χ3v) is 2.47. The zero-order valence-electron chi connectivity index (χ0n) is 10.6. The van der Waals surface area contributed by atoms with E-state index in [1.807, 2.05) is 20.8 Å². The number of amides is 1. The first-order chi connectivity index (χ1) is 8.58. The average molecular weight is 245 g/mol. The molecule has 0 unspecified atom stereocenters. The Hall–Kier alpha value is -2.24. The van der Waals surface area contributed by atoms with Crippen LogP contribution in [-0.2, 0) is 4.79 Å². The van der Waals surface area contributed by atoms with Gasteiger partial charge >= 0.3 is 0 Å². The molecule has 0 bridgehead atoms. The normalized spacial score (nSPS) is 10.7. The summed E-state index contributed by atoms with van der Waals surface area (Å²) in [5, 5.41) is 2.74. The molecule has 0 aromatic carbocycles. The largest absolute Gasteiger partial charge is 0.323 e. The third-order valence-electron chi connectivity index (χ3n) is 2.47. The Labute approximate surface area is 105 Å². The summed E-state index contributed by atoms with van der Waals surface area (Å²) in [5.41, 5.74) is 0.593. The van der Waals surface area contributed by atoms with Crippen molar-refractivity contribution < 1.29 is 4.79 Å². The quantitative estimate of drug-likeness (QED) is 0.890. The molecule has 2 aromatic rings. The van der Waals surface area contributed by atoms with Gasteiger partial charge < -0.3 is 5.32 Å². The predicted octanol–water partition coefficient (Wildman–Crippen LogP) is 1.57. The van der Waals surface area contributed by atoms with Gasteiger partial charge in [0.05, 0.1) is 18.1 Å². The maximum atomic E-state index is 11.5. The van der Waals surface area contributed by atoms with Crippen molar-refractivity contribution in [3.8, 4) is 5.95 Å². The fourth-order valence-electron chi connectivity index (χ4n) is 1.39. The fraction of sp³-hybridized carbons (Fsp3) is 0.333. The minimum absolute atomic E-state index is 0.0508. The highest BCUT2D eigenvalue weighted by Crippen LogP contribution is 2.09. The van der Waals surface area contributed by atoms with Crippen molar-refractivity contribution in [2.45, 2.75) is 20.8 Å². The molecule has 6 heteroatoms. The number of hydrogen-bond acceptors (Lipinski definition) is 4. The van der Waals surface area contributed by atoms with Crippen LogP contribution in [0.4, 0.5) is 5.69 Å². The molecule has 0 atom stereocenters. The van der Waals surface area contributed by atoms with Gasteiger partial charge in [0.1, 0.15) is 5.82 Å². The van der Waals surface area contributed by atoms with Gasteiger partial charge in [0.25, 0.3) is 0 Å². The number of aromatic nitrogens is 4. The number of anilines is 1. The Kier molecular flexibility index (Phi) is 3.36. The molecular weight excluding hydrogens is 230 g/mol. The van der Waals surface area contributed by atoms with Crippen LogP contribution < -0.4 is 5.32 Å². The Morgan fingerprint density at radius 3 is 2.44 bits per heavy atom. The minimum Gasteiger partial charge on any atom is -0.323 e. The molecule has 0 radical (unpaired) electrons. The Balaban J connectivity index is 2.16. The summed E-state index contributed by atoms with van der Waals surface area (Å²) >= 11 is 0. The summed E-state index contributed by atoms with van der Waals surface area (Å²) < 4.78 is 1.77. The lowest BCUT2D eigenvalue weighted by molar-refractivity contribution is -0.118. The Morgan fingerprint density at radius 2 is 1.94 bits per heavy atom. The standard InChI is InChI=1S/C12H15N5O/c1-8(2)11(18)16-10-6-14-12(15-7-10)17-5-4-13-9(17)3/h4-8H,1-3H3,(H,16,18). The lowest BCUT2D eigenvalue weighted by atomic mass is 10.2. The number of rotatable bonds is 3. The molecule has 1 N–H and O–H groups in total. The van der Waals surface area contributed by atoms with Gasteiger partial charge in [-0.2, -0.15) is 0 Å². The zero-order valence-corrected chi connectivity index (χ0v) is 10.6. The zero-order chi connectivity index (χ0) is 13.1. The van der Waals surface area contributed by atoms with Crippen LogP contribution in [0.3, 0.4) is 0 Å². The molecule has 0 aliphatic rings. The maximum Gasteiger partial charge on any atom is 0.235 e. The third kappa shape index (κ3) is 2.53. The van der Waals surface area contributed by atoms with Crippen LogP contribution in [0.2, 0.25) is 0 Å². The SMILES string of the molecule is Cc1nccn1-c1ncc(NC(=O)C(C)C)cn1. The molecule has 0 saturated heterocycles. The molecule has 0 spiro atoms. The molecule has 0 saturated carbocycles. The van der Waals surface area contributed by atoms with Crippen molar-refractivity contribution >= 4 is 11.6 Å². The van der Waals surface area contributed by atoms with E-state index in [-0.39, 0.29) is 11.8 Å². The van der Waals surface area contributed by atoms with Gasteiger partial charge in [-0.25, -0.2) is 15.0 Å². The lowest BCUT2D eigenvalue weighted by Crippen LogP contribution is -2.18. The molecule has 2 aromatic heterocycles. The van der Waals surface area contributed by atoms with Gasteiger partial charge in [-0.15, -0.1) is 0 Å². The molecule has 18 heavy (non-hydrogen) atoms. The van der Waals surface area contributed by atoms with E-state index in [9.17, 15) is 4.79 Å². The summed E-state index contributed by atoms with van der Waals surface area (Å²) in [7, 11) is 0. The van der Waals surface area contributed by atoms with Crippen molar-refractivity contribution in [3.63, 3.8) is 0 Å². The van der Waals surface area contributed by atoms with Gasteiger partial charge in [0.2, 0.25) is 11.9 Å². The molecule has 6 nitrogen and oxygen atoms in total. The van der Waals surface area contributed by atoms with Gasteiger partial charge in [0.15, 0.2) is 0 Å². The summed E-state index contributed by atoms with van der Waals surface area (Å²) in [5.74, 6) is 1.23. The molecule has 94 valence electrons. The summed E-state index contributed by atoms with van der Waals surface area (Å²) in [6.07, 6.45) is 6.65. The van der Waals surface area contributed by atoms with Gasteiger partial charge in [-0.1, -0.05) is 13.8 Å². The van der Waals surface area contributed by atoms with Crippen LogP contribution in [0.25, 0.3) is 5.95 Å². The van der Waals surface area contributed by atoms with E-state index in [0.29, 0.717) is 11.6 Å². The second-order valence-corrected chi connectivity index (χ2v) is 4.26. The fourth-order valence-corrected chi connectivity index (χ4v) is 1.39. The van der Waals surface area contributed by atoms with Crippen molar-refractivity contribution in [1.29, 1.82) is 0 Å². The highest BCUT2D eigenvalue weighted by molar-refractivity contribution is 5.91. The van der Waals surface area contributed by atoms with E-state index in [1.54, 1.807) is 29.4 Å². The van der Waals surface area contributed by atoms with Crippen molar-refractivity contribution in [3.05, 3.63) is 30.6 Å². The molecule has 0 fully saturated rings. The highest BCUT2D eigenvalue weighted by Gasteiger charge is 2.08. The first-order valence-corrected chi connectivity index (χ1v) is 5.71. The highest BCUT2D eigenvalue weighted by atomic mass is 16.1. The number of hydrogen-bond donors (Lipinski definition) is 1. The molecule has 2 heterocycles. The van der Waals surface area contributed by atoms with E-state index in [4.69, 9.17) is 0 Å². The van der Waals surface area contributed by atoms with Crippen LogP contribution in [0, 0.1) is 12.8 Å². The summed E-state index contributed by atoms with van der Waals surface area (Å²) in [6.45, 7) is 5.54. The van der Waals surface area contributed by atoms with Crippen molar-refractivity contribution in [2.75, 3.05) is 5.32 Å². The van der Waals surface area contributed by atoms with Crippen LogP contribution in [0.5, 0.6) is 0 Å². The topological polar surface area (TPSA) is 72.7 Å². The van der Waals surface area contributed by atoms with Crippen LogP contribution in [0.15, 0.2) is 24.8 Å². The molecule has 0 aliphatic carbocycles. The van der Waals surface area contributed by atoms with E-state index >= 15 is 0 Å². The second-order valence-electron chi connectivity index (χ2n) is 4.26. The second kappa shape index (κ2) is 4.95. The van der Waals surface area contributed by atoms with E-state index in [1.165, 1.54) is 0 Å². The molecule has 2 rings (SSSR count). The number of aryl methyl sites for hydroxylation is 1. The lowest BCUT2D eigenvalue weighted by Gasteiger charge is -2.07. The van der Waals surface area contributed by atoms with E-state index < -0.39 is 0 Å². The monoisotopic (exact) mass is 245 g/mol. The van der Waals surface area contributed by atoms with Crippen LogP contribution in [0.1, 0.15) is 19.7 Å². The van der Waals surface area contributed by atoms with E-state index in [2.05, 4.69) is 20.3 Å². The Morgan fingerprint density at radius 1 is 1.28 bits per heavy atom.